The molecule has 0 radical (unpaired) electrons. The van der Waals surface area contributed by atoms with E-state index in [4.69, 9.17) is 4.74 Å². The number of likely N-dealkylation sites (tertiary alicyclic amines) is 3. The van der Waals surface area contributed by atoms with Crippen LogP contribution >= 0.6 is 12.4 Å². The Bertz CT molecular complexity index is 682. The second kappa shape index (κ2) is 15.8. The van der Waals surface area contributed by atoms with Gasteiger partial charge in [-0.2, -0.15) is 0 Å². The van der Waals surface area contributed by atoms with Gasteiger partial charge in [-0.25, -0.2) is 22.4 Å². The average Bonchev–Trinajstić information content (AvgIpc) is 2.78. The highest BCUT2D eigenvalue weighted by molar-refractivity contribution is 5.85. The van der Waals surface area contributed by atoms with Crippen molar-refractivity contribution in [2.75, 3.05) is 52.4 Å². The molecule has 1 amide bonds. The maximum atomic E-state index is 13.5. The Morgan fingerprint density at radius 2 is 1.21 bits per heavy atom. The molecule has 0 aromatic heterocycles. The van der Waals surface area contributed by atoms with E-state index < -0.39 is 17.4 Å². The summed E-state index contributed by atoms with van der Waals surface area (Å²) in [6.45, 7) is 10.1. The Labute approximate surface area is 234 Å². The number of amides is 1. The SMILES string of the molecule is C.C.CC(C)(C)OC(=O)N1CCC(N2CCCC(F)(F)C2)CC1.Cl.FC1(F)CCCN(C2CCNCC2)C1. The third kappa shape index (κ3) is 12.1. The fourth-order valence-corrected chi connectivity index (χ4v) is 5.53. The van der Waals surface area contributed by atoms with Gasteiger partial charge in [0.05, 0.1) is 13.1 Å². The molecule has 4 aliphatic heterocycles. The Balaban J connectivity index is 0.000000710. The fraction of sp³-hybridized carbons (Fsp3) is 0.963. The third-order valence-corrected chi connectivity index (χ3v) is 7.30. The van der Waals surface area contributed by atoms with E-state index in [9.17, 15) is 22.4 Å². The minimum atomic E-state index is -2.56. The van der Waals surface area contributed by atoms with Crippen LogP contribution in [-0.4, -0.2) is 103 Å². The molecule has 0 bridgehead atoms. The molecule has 4 fully saturated rings. The zero-order valence-electron chi connectivity index (χ0n) is 22.0. The summed E-state index contributed by atoms with van der Waals surface area (Å²) in [4.78, 5) is 17.5. The highest BCUT2D eigenvalue weighted by atomic mass is 35.5. The lowest BCUT2D eigenvalue weighted by Gasteiger charge is -2.42. The van der Waals surface area contributed by atoms with Gasteiger partial charge in [0.1, 0.15) is 5.60 Å². The Morgan fingerprint density at radius 3 is 1.61 bits per heavy atom. The van der Waals surface area contributed by atoms with Crippen LogP contribution < -0.4 is 5.32 Å². The highest BCUT2D eigenvalue weighted by Gasteiger charge is 2.39. The molecule has 4 saturated heterocycles. The number of hydrogen-bond donors (Lipinski definition) is 1. The molecule has 4 aliphatic rings. The number of halogens is 5. The molecule has 4 heterocycles. The maximum Gasteiger partial charge on any atom is 0.410 e. The molecule has 0 atom stereocenters. The van der Waals surface area contributed by atoms with Crippen molar-refractivity contribution in [1.29, 1.82) is 0 Å². The van der Waals surface area contributed by atoms with Crippen molar-refractivity contribution in [2.24, 2.45) is 0 Å². The van der Waals surface area contributed by atoms with E-state index in [0.717, 1.165) is 51.9 Å². The summed E-state index contributed by atoms with van der Waals surface area (Å²) in [5, 5.41) is 3.26. The zero-order valence-corrected chi connectivity index (χ0v) is 22.9. The molecule has 0 aromatic rings. The number of nitrogens with zero attached hydrogens (tertiary/aromatic N) is 3. The molecule has 11 heteroatoms. The lowest BCUT2D eigenvalue weighted by atomic mass is 9.99. The second-order valence-corrected chi connectivity index (χ2v) is 11.5. The van der Waals surface area contributed by atoms with Crippen LogP contribution in [0.1, 0.15) is 87.0 Å². The van der Waals surface area contributed by atoms with Crippen LogP contribution in [0, 0.1) is 0 Å². The van der Waals surface area contributed by atoms with Gasteiger partial charge in [0.2, 0.25) is 0 Å². The Hall–Kier alpha value is -0.840. The summed E-state index contributed by atoms with van der Waals surface area (Å²) in [6.07, 6.45) is 4.52. The van der Waals surface area contributed by atoms with Crippen molar-refractivity contribution in [3.8, 4) is 0 Å². The predicted molar refractivity (Wildman–Crippen MR) is 149 cm³/mol. The van der Waals surface area contributed by atoms with Crippen LogP contribution in [-0.2, 0) is 4.74 Å². The summed E-state index contributed by atoms with van der Waals surface area (Å²) < 4.78 is 58.6. The molecule has 1 N–H and O–H groups in total. The van der Waals surface area contributed by atoms with Gasteiger partial charge in [-0.15, -0.1) is 12.4 Å². The van der Waals surface area contributed by atoms with E-state index in [0.29, 0.717) is 32.0 Å². The maximum absolute atomic E-state index is 13.5. The van der Waals surface area contributed by atoms with Crippen LogP contribution in [0.2, 0.25) is 0 Å². The van der Waals surface area contributed by atoms with Gasteiger partial charge in [0, 0.05) is 38.0 Å². The van der Waals surface area contributed by atoms with Crippen molar-refractivity contribution in [3.05, 3.63) is 0 Å². The summed E-state index contributed by atoms with van der Waals surface area (Å²) in [5.41, 5.74) is -0.497. The number of hydrogen-bond acceptors (Lipinski definition) is 5. The summed E-state index contributed by atoms with van der Waals surface area (Å²) in [7, 11) is 0. The molecule has 38 heavy (non-hydrogen) atoms. The molecule has 0 aliphatic carbocycles. The zero-order chi connectivity index (χ0) is 25.7. The number of alkyl halides is 4. The monoisotopic (exact) mass is 576 g/mol. The standard InChI is InChI=1S/C15H26F2N2O2.C10H18F2N2.2CH4.ClH/c1-14(2,3)21-13(20)18-9-5-12(6-10-18)19-8-4-7-15(16,17)11-19;11-10(12)4-1-7-14(8-10)9-2-5-13-6-3-9;;;/h12H,4-11H2,1-3H3;9,13H,1-8H2;2*1H4;1H. The number of carbonyl (C=O) groups is 1. The van der Waals surface area contributed by atoms with Gasteiger partial charge in [0.15, 0.2) is 0 Å². The van der Waals surface area contributed by atoms with Crippen molar-refractivity contribution in [2.45, 2.75) is 117 Å². The Morgan fingerprint density at radius 1 is 0.789 bits per heavy atom. The van der Waals surface area contributed by atoms with Crippen LogP contribution in [0.3, 0.4) is 0 Å². The van der Waals surface area contributed by atoms with Crippen LogP contribution in [0.25, 0.3) is 0 Å². The summed E-state index contributed by atoms with van der Waals surface area (Å²) in [6, 6.07) is 0.553. The van der Waals surface area contributed by atoms with Crippen molar-refractivity contribution in [1.82, 2.24) is 20.0 Å². The number of carbonyl (C=O) groups excluding carboxylic acids is 1. The summed E-state index contributed by atoms with van der Waals surface area (Å²) in [5.74, 6) is -5.00. The molecule has 0 unspecified atom stereocenters. The largest absolute Gasteiger partial charge is 0.444 e. The van der Waals surface area contributed by atoms with E-state index in [1.165, 1.54) is 0 Å². The van der Waals surface area contributed by atoms with Crippen LogP contribution in [0.15, 0.2) is 0 Å². The summed E-state index contributed by atoms with van der Waals surface area (Å²) >= 11 is 0. The molecule has 0 spiro atoms. The minimum absolute atomic E-state index is 0. The van der Waals surface area contributed by atoms with Crippen molar-refractivity contribution < 1.29 is 27.1 Å². The van der Waals surface area contributed by atoms with Gasteiger partial charge in [-0.05, 0) is 85.5 Å². The molecule has 0 saturated carbocycles. The Kier molecular flexibility index (Phi) is 15.5. The van der Waals surface area contributed by atoms with Crippen LogP contribution in [0.4, 0.5) is 22.4 Å². The molecule has 4 rings (SSSR count). The van der Waals surface area contributed by atoms with E-state index in [1.54, 1.807) is 4.90 Å². The van der Waals surface area contributed by atoms with Gasteiger partial charge in [-0.1, -0.05) is 14.9 Å². The van der Waals surface area contributed by atoms with Crippen molar-refractivity contribution >= 4 is 18.5 Å². The van der Waals surface area contributed by atoms with Gasteiger partial charge in [-0.3, -0.25) is 9.80 Å². The predicted octanol–water partition coefficient (Wildman–Crippen LogP) is 6.28. The first-order chi connectivity index (χ1) is 16.3. The van der Waals surface area contributed by atoms with E-state index >= 15 is 0 Å². The number of ether oxygens (including phenoxy) is 1. The average molecular weight is 577 g/mol. The number of piperidine rings is 4. The topological polar surface area (TPSA) is 48.1 Å². The van der Waals surface area contributed by atoms with Gasteiger partial charge < -0.3 is 15.0 Å². The van der Waals surface area contributed by atoms with Crippen molar-refractivity contribution in [3.63, 3.8) is 0 Å². The molecule has 0 aromatic carbocycles. The van der Waals surface area contributed by atoms with Gasteiger partial charge >= 0.3 is 6.09 Å². The first-order valence-corrected chi connectivity index (χ1v) is 13.3. The number of rotatable bonds is 2. The van der Waals surface area contributed by atoms with Gasteiger partial charge in [0.25, 0.3) is 11.8 Å². The first-order valence-electron chi connectivity index (χ1n) is 13.3. The van der Waals surface area contributed by atoms with Crippen LogP contribution in [0.5, 0.6) is 0 Å². The molecule has 6 nitrogen and oxygen atoms in total. The minimum Gasteiger partial charge on any atom is -0.444 e. The molecule has 228 valence electrons. The first kappa shape index (κ1) is 37.2. The highest BCUT2D eigenvalue weighted by Crippen LogP contribution is 2.31. The fourth-order valence-electron chi connectivity index (χ4n) is 5.53. The molecular weight excluding hydrogens is 524 g/mol. The lowest BCUT2D eigenvalue weighted by molar-refractivity contribution is -0.0810. The second-order valence-electron chi connectivity index (χ2n) is 11.5. The van der Waals surface area contributed by atoms with E-state index in [2.05, 4.69) is 5.32 Å². The van der Waals surface area contributed by atoms with E-state index in [1.807, 2.05) is 30.6 Å². The van der Waals surface area contributed by atoms with E-state index in [-0.39, 0.29) is 65.3 Å². The number of nitrogens with one attached hydrogen (secondary N) is 1. The lowest BCUT2D eigenvalue weighted by Crippen LogP contribution is -2.52. The third-order valence-electron chi connectivity index (χ3n) is 7.30. The normalized spacial score (nSPS) is 25.0. The molecular formula is C27H53ClF4N4O2. The quantitative estimate of drug-likeness (QED) is 0.392. The smallest absolute Gasteiger partial charge is 0.410 e.